The Bertz CT molecular complexity index is 659. The van der Waals surface area contributed by atoms with Crippen molar-refractivity contribution < 1.29 is 4.42 Å². The summed E-state index contributed by atoms with van der Waals surface area (Å²) in [4.78, 5) is 4.63. The molecule has 0 aliphatic rings. The van der Waals surface area contributed by atoms with E-state index in [0.29, 0.717) is 5.89 Å². The first-order valence-corrected chi connectivity index (χ1v) is 8.49. The fourth-order valence-corrected chi connectivity index (χ4v) is 3.89. The van der Waals surface area contributed by atoms with Crippen LogP contribution < -0.4 is 0 Å². The van der Waals surface area contributed by atoms with Crippen LogP contribution in [0.25, 0.3) is 10.2 Å². The molecule has 0 amide bonds. The SMILES string of the molecule is Cc1nnc(CCCSCc2nc3ccccc3s2)o1. The predicted molar refractivity (Wildman–Crippen MR) is 83.1 cm³/mol. The van der Waals surface area contributed by atoms with Crippen LogP contribution >= 0.6 is 23.1 Å². The van der Waals surface area contributed by atoms with Gasteiger partial charge in [-0.3, -0.25) is 0 Å². The third-order valence-corrected chi connectivity index (χ3v) is 5.08. The van der Waals surface area contributed by atoms with Crippen molar-refractivity contribution in [1.29, 1.82) is 0 Å². The highest BCUT2D eigenvalue weighted by atomic mass is 32.2. The number of aromatic nitrogens is 3. The number of aryl methyl sites for hydroxylation is 2. The maximum atomic E-state index is 5.35. The van der Waals surface area contributed by atoms with Gasteiger partial charge in [0.25, 0.3) is 0 Å². The lowest BCUT2D eigenvalue weighted by Crippen LogP contribution is -1.89. The van der Waals surface area contributed by atoms with E-state index < -0.39 is 0 Å². The Morgan fingerprint density at radius 2 is 2.15 bits per heavy atom. The van der Waals surface area contributed by atoms with Gasteiger partial charge >= 0.3 is 0 Å². The summed E-state index contributed by atoms with van der Waals surface area (Å²) < 4.78 is 6.61. The quantitative estimate of drug-likeness (QED) is 0.647. The highest BCUT2D eigenvalue weighted by Crippen LogP contribution is 2.25. The van der Waals surface area contributed by atoms with Crippen LogP contribution in [0, 0.1) is 6.92 Å². The molecular weight excluding hydrogens is 290 g/mol. The van der Waals surface area contributed by atoms with E-state index in [0.717, 1.165) is 35.8 Å². The van der Waals surface area contributed by atoms with E-state index in [1.165, 1.54) is 9.71 Å². The van der Waals surface area contributed by atoms with Gasteiger partial charge in [-0.25, -0.2) is 4.98 Å². The van der Waals surface area contributed by atoms with Gasteiger partial charge in [0.05, 0.1) is 10.2 Å². The summed E-state index contributed by atoms with van der Waals surface area (Å²) in [5.74, 6) is 3.43. The number of hydrogen-bond acceptors (Lipinski definition) is 6. The van der Waals surface area contributed by atoms with Crippen molar-refractivity contribution in [2.45, 2.75) is 25.5 Å². The Balaban J connectivity index is 1.43. The monoisotopic (exact) mass is 305 g/mol. The first kappa shape index (κ1) is 13.6. The van der Waals surface area contributed by atoms with Crippen LogP contribution in [-0.2, 0) is 12.2 Å². The molecule has 0 aliphatic carbocycles. The summed E-state index contributed by atoms with van der Waals surface area (Å²) in [6, 6.07) is 8.28. The Morgan fingerprint density at radius 3 is 2.95 bits per heavy atom. The first-order valence-electron chi connectivity index (χ1n) is 6.52. The average molecular weight is 305 g/mol. The molecule has 104 valence electrons. The molecular formula is C14H15N3OS2. The molecule has 6 heteroatoms. The van der Waals surface area contributed by atoms with Gasteiger partial charge in [0, 0.05) is 19.1 Å². The zero-order valence-corrected chi connectivity index (χ0v) is 12.8. The van der Waals surface area contributed by atoms with Crippen molar-refractivity contribution in [3.05, 3.63) is 41.1 Å². The van der Waals surface area contributed by atoms with Crippen LogP contribution in [0.4, 0.5) is 0 Å². The molecule has 3 aromatic rings. The normalized spacial score (nSPS) is 11.2. The Morgan fingerprint density at radius 1 is 1.25 bits per heavy atom. The molecule has 2 aromatic heterocycles. The molecule has 2 heterocycles. The number of fused-ring (bicyclic) bond motifs is 1. The second-order valence-electron chi connectivity index (χ2n) is 4.45. The molecule has 0 saturated heterocycles. The summed E-state index contributed by atoms with van der Waals surface area (Å²) in [5, 5.41) is 9.02. The number of thiazole rings is 1. The van der Waals surface area contributed by atoms with Gasteiger partial charge in [-0.05, 0) is 24.3 Å². The number of nitrogens with zero attached hydrogens (tertiary/aromatic N) is 3. The van der Waals surface area contributed by atoms with E-state index in [9.17, 15) is 0 Å². The van der Waals surface area contributed by atoms with Crippen LogP contribution in [0.5, 0.6) is 0 Å². The van der Waals surface area contributed by atoms with Crippen LogP contribution in [-0.4, -0.2) is 20.9 Å². The second kappa shape index (κ2) is 6.37. The number of rotatable bonds is 6. The summed E-state index contributed by atoms with van der Waals surface area (Å²) in [6.07, 6.45) is 1.91. The summed E-state index contributed by atoms with van der Waals surface area (Å²) in [6.45, 7) is 1.82. The zero-order valence-electron chi connectivity index (χ0n) is 11.2. The first-order chi connectivity index (χ1) is 9.81. The van der Waals surface area contributed by atoms with E-state index >= 15 is 0 Å². The van der Waals surface area contributed by atoms with Gasteiger partial charge < -0.3 is 4.42 Å². The molecule has 0 spiro atoms. The lowest BCUT2D eigenvalue weighted by atomic mass is 10.3. The highest BCUT2D eigenvalue weighted by molar-refractivity contribution is 7.98. The molecule has 0 atom stereocenters. The number of thioether (sulfide) groups is 1. The van der Waals surface area contributed by atoms with Crippen molar-refractivity contribution in [1.82, 2.24) is 15.2 Å². The molecule has 0 fully saturated rings. The molecule has 0 aliphatic heterocycles. The molecule has 0 bridgehead atoms. The van der Waals surface area contributed by atoms with Crippen LogP contribution in [0.15, 0.2) is 28.7 Å². The smallest absolute Gasteiger partial charge is 0.216 e. The standard InChI is InChI=1S/C14H15N3OS2/c1-10-16-17-13(18-10)7-4-8-19-9-14-15-11-5-2-3-6-12(11)20-14/h2-3,5-6H,4,7-9H2,1H3. The van der Waals surface area contributed by atoms with Crippen molar-refractivity contribution in [2.75, 3.05) is 5.75 Å². The highest BCUT2D eigenvalue weighted by Gasteiger charge is 2.04. The zero-order chi connectivity index (χ0) is 13.8. The molecule has 0 radical (unpaired) electrons. The van der Waals surface area contributed by atoms with E-state index in [1.807, 2.05) is 24.8 Å². The van der Waals surface area contributed by atoms with E-state index in [1.54, 1.807) is 11.3 Å². The van der Waals surface area contributed by atoms with Gasteiger partial charge in [0.15, 0.2) is 0 Å². The molecule has 0 unspecified atom stereocenters. The largest absolute Gasteiger partial charge is 0.426 e. The Labute approximate surface area is 125 Å². The van der Waals surface area contributed by atoms with Gasteiger partial charge in [-0.15, -0.1) is 21.5 Å². The van der Waals surface area contributed by atoms with Crippen LogP contribution in [0.2, 0.25) is 0 Å². The minimum Gasteiger partial charge on any atom is -0.426 e. The topological polar surface area (TPSA) is 51.8 Å². The van der Waals surface area contributed by atoms with E-state index in [4.69, 9.17) is 4.42 Å². The van der Waals surface area contributed by atoms with Crippen molar-refractivity contribution in [2.24, 2.45) is 0 Å². The lowest BCUT2D eigenvalue weighted by molar-refractivity contribution is 0.465. The van der Waals surface area contributed by atoms with Crippen LogP contribution in [0.1, 0.15) is 23.2 Å². The molecule has 3 rings (SSSR count). The van der Waals surface area contributed by atoms with Crippen LogP contribution in [0.3, 0.4) is 0 Å². The summed E-state index contributed by atoms with van der Waals surface area (Å²) in [5.41, 5.74) is 1.11. The predicted octanol–water partition coefficient (Wildman–Crippen LogP) is 3.85. The van der Waals surface area contributed by atoms with Crippen molar-refractivity contribution in [3.8, 4) is 0 Å². The summed E-state index contributed by atoms with van der Waals surface area (Å²) in [7, 11) is 0. The van der Waals surface area contributed by atoms with Gasteiger partial charge in [0.2, 0.25) is 11.8 Å². The number of benzene rings is 1. The van der Waals surface area contributed by atoms with Gasteiger partial charge in [0.1, 0.15) is 5.01 Å². The van der Waals surface area contributed by atoms with Gasteiger partial charge in [-0.2, -0.15) is 11.8 Å². The molecule has 20 heavy (non-hydrogen) atoms. The minimum absolute atomic E-state index is 0.641. The molecule has 4 nitrogen and oxygen atoms in total. The Hall–Kier alpha value is -1.40. The minimum atomic E-state index is 0.641. The fourth-order valence-electron chi connectivity index (χ4n) is 1.91. The second-order valence-corrected chi connectivity index (χ2v) is 6.67. The Kier molecular flexibility index (Phi) is 4.32. The van der Waals surface area contributed by atoms with E-state index in [-0.39, 0.29) is 0 Å². The van der Waals surface area contributed by atoms with E-state index in [2.05, 4.69) is 33.4 Å². The average Bonchev–Trinajstić information content (AvgIpc) is 3.04. The number of hydrogen-bond donors (Lipinski definition) is 0. The number of para-hydroxylation sites is 1. The van der Waals surface area contributed by atoms with Crippen molar-refractivity contribution in [3.63, 3.8) is 0 Å². The maximum Gasteiger partial charge on any atom is 0.216 e. The summed E-state index contributed by atoms with van der Waals surface area (Å²) >= 11 is 3.69. The third kappa shape index (κ3) is 3.37. The molecule has 0 saturated carbocycles. The lowest BCUT2D eigenvalue weighted by Gasteiger charge is -1.97. The van der Waals surface area contributed by atoms with Gasteiger partial charge in [-0.1, -0.05) is 12.1 Å². The maximum absolute atomic E-state index is 5.35. The molecule has 1 aromatic carbocycles. The van der Waals surface area contributed by atoms with Crippen molar-refractivity contribution >= 4 is 33.3 Å². The fraction of sp³-hybridized carbons (Fsp3) is 0.357. The molecule has 0 N–H and O–H groups in total. The third-order valence-electron chi connectivity index (χ3n) is 2.81.